The lowest BCUT2D eigenvalue weighted by molar-refractivity contribution is 0.729. The van der Waals surface area contributed by atoms with E-state index in [0.717, 1.165) is 19.3 Å². The monoisotopic (exact) mass is 212 g/mol. The van der Waals surface area contributed by atoms with E-state index in [0.29, 0.717) is 0 Å². The van der Waals surface area contributed by atoms with Crippen LogP contribution < -0.4 is 5.73 Å². The number of rotatable bonds is 5. The zero-order valence-corrected chi connectivity index (χ0v) is 10.2. The average Bonchev–Trinajstić information content (AvgIpc) is 2.47. The lowest BCUT2D eigenvalue weighted by Gasteiger charge is -1.98. The van der Waals surface area contributed by atoms with E-state index in [1.165, 1.54) is 22.0 Å². The first-order valence-electron chi connectivity index (χ1n) is 5.40. The molecule has 1 rings (SSSR count). The van der Waals surface area contributed by atoms with E-state index >= 15 is 0 Å². The predicted octanol–water partition coefficient (Wildman–Crippen LogP) is 2.55. The molecule has 0 aliphatic heterocycles. The van der Waals surface area contributed by atoms with Gasteiger partial charge in [-0.15, -0.1) is 11.3 Å². The third kappa shape index (κ3) is 3.07. The van der Waals surface area contributed by atoms with E-state index in [2.05, 4.69) is 18.8 Å². The molecular formula is C11H20N2S. The third-order valence-corrected chi connectivity index (χ3v) is 3.39. The summed E-state index contributed by atoms with van der Waals surface area (Å²) in [5.74, 6) is 0. The maximum atomic E-state index is 5.77. The molecule has 0 amide bonds. The van der Waals surface area contributed by atoms with Gasteiger partial charge in [-0.25, -0.2) is 4.98 Å². The molecule has 1 aromatic rings. The molecule has 0 saturated heterocycles. The molecule has 3 heteroatoms. The minimum Gasteiger partial charge on any atom is -0.328 e. The Balaban J connectivity index is 2.77. The molecular weight excluding hydrogens is 192 g/mol. The van der Waals surface area contributed by atoms with Gasteiger partial charge in [-0.2, -0.15) is 0 Å². The van der Waals surface area contributed by atoms with Crippen molar-refractivity contribution in [3.63, 3.8) is 0 Å². The van der Waals surface area contributed by atoms with Crippen LogP contribution in [0, 0.1) is 0 Å². The molecule has 1 heterocycles. The SMILES string of the molecule is CCCc1nc(CC(C)N)sc1CC. The van der Waals surface area contributed by atoms with Crippen LogP contribution in [0.3, 0.4) is 0 Å². The molecule has 1 atom stereocenters. The van der Waals surface area contributed by atoms with E-state index < -0.39 is 0 Å². The minimum atomic E-state index is 0.223. The molecule has 0 fully saturated rings. The van der Waals surface area contributed by atoms with E-state index in [1.807, 2.05) is 18.3 Å². The molecule has 0 radical (unpaired) electrons. The first-order valence-corrected chi connectivity index (χ1v) is 6.22. The van der Waals surface area contributed by atoms with Gasteiger partial charge in [0.25, 0.3) is 0 Å². The van der Waals surface area contributed by atoms with Gasteiger partial charge in [0.05, 0.1) is 10.7 Å². The Kier molecular flexibility index (Phi) is 4.55. The maximum Gasteiger partial charge on any atom is 0.0946 e. The number of nitrogens with two attached hydrogens (primary N) is 1. The molecule has 0 aliphatic rings. The summed E-state index contributed by atoms with van der Waals surface area (Å²) in [6.07, 6.45) is 4.31. The molecule has 0 bridgehead atoms. The molecule has 80 valence electrons. The van der Waals surface area contributed by atoms with E-state index in [4.69, 9.17) is 5.73 Å². The molecule has 2 nitrogen and oxygen atoms in total. The molecule has 1 aromatic heterocycles. The highest BCUT2D eigenvalue weighted by molar-refractivity contribution is 7.11. The fourth-order valence-corrected chi connectivity index (χ4v) is 2.70. The minimum absolute atomic E-state index is 0.223. The molecule has 1 unspecified atom stereocenters. The highest BCUT2D eigenvalue weighted by Gasteiger charge is 2.09. The van der Waals surface area contributed by atoms with Crippen LogP contribution in [0.15, 0.2) is 0 Å². The number of aryl methyl sites for hydroxylation is 2. The molecule has 0 spiro atoms. The highest BCUT2D eigenvalue weighted by atomic mass is 32.1. The van der Waals surface area contributed by atoms with Crippen LogP contribution in [0.25, 0.3) is 0 Å². The highest BCUT2D eigenvalue weighted by Crippen LogP contribution is 2.21. The lowest BCUT2D eigenvalue weighted by Crippen LogP contribution is -2.17. The van der Waals surface area contributed by atoms with Crippen LogP contribution >= 0.6 is 11.3 Å². The summed E-state index contributed by atoms with van der Waals surface area (Å²) < 4.78 is 0. The molecule has 14 heavy (non-hydrogen) atoms. The summed E-state index contributed by atoms with van der Waals surface area (Å²) in [7, 11) is 0. The molecule has 0 saturated carbocycles. The summed E-state index contributed by atoms with van der Waals surface area (Å²) in [6, 6.07) is 0.223. The Bertz CT molecular complexity index is 279. The Morgan fingerprint density at radius 1 is 1.43 bits per heavy atom. The summed E-state index contributed by atoms with van der Waals surface area (Å²) in [4.78, 5) is 6.10. The third-order valence-electron chi connectivity index (χ3n) is 2.13. The summed E-state index contributed by atoms with van der Waals surface area (Å²) in [6.45, 7) is 6.43. The van der Waals surface area contributed by atoms with Crippen molar-refractivity contribution >= 4 is 11.3 Å². The smallest absolute Gasteiger partial charge is 0.0946 e. The largest absolute Gasteiger partial charge is 0.328 e. The van der Waals surface area contributed by atoms with Crippen molar-refractivity contribution in [2.75, 3.05) is 0 Å². The Morgan fingerprint density at radius 3 is 2.64 bits per heavy atom. The number of hydrogen-bond donors (Lipinski definition) is 1. The van der Waals surface area contributed by atoms with Gasteiger partial charge in [-0.05, 0) is 19.8 Å². The average molecular weight is 212 g/mol. The molecule has 2 N–H and O–H groups in total. The van der Waals surface area contributed by atoms with Crippen molar-refractivity contribution < 1.29 is 0 Å². The summed E-state index contributed by atoms with van der Waals surface area (Å²) in [5, 5.41) is 1.21. The van der Waals surface area contributed by atoms with E-state index in [1.54, 1.807) is 0 Å². The fourth-order valence-electron chi connectivity index (χ4n) is 1.51. The van der Waals surface area contributed by atoms with Crippen LogP contribution in [-0.2, 0) is 19.3 Å². The molecule has 0 aromatic carbocycles. The predicted molar refractivity (Wildman–Crippen MR) is 62.8 cm³/mol. The molecule has 0 aliphatic carbocycles. The second-order valence-corrected chi connectivity index (χ2v) is 4.93. The van der Waals surface area contributed by atoms with Crippen molar-refractivity contribution in [1.29, 1.82) is 0 Å². The Hall–Kier alpha value is -0.410. The second-order valence-electron chi connectivity index (χ2n) is 3.76. The summed E-state index contributed by atoms with van der Waals surface area (Å²) >= 11 is 1.84. The quantitative estimate of drug-likeness (QED) is 0.814. The number of aromatic nitrogens is 1. The number of nitrogens with zero attached hydrogens (tertiary/aromatic N) is 1. The number of thiazole rings is 1. The lowest BCUT2D eigenvalue weighted by atomic mass is 10.2. The van der Waals surface area contributed by atoms with Crippen LogP contribution in [0.1, 0.15) is 42.8 Å². The van der Waals surface area contributed by atoms with Crippen LogP contribution in [0.4, 0.5) is 0 Å². The first kappa shape index (κ1) is 11.7. The van der Waals surface area contributed by atoms with Gasteiger partial charge in [0.15, 0.2) is 0 Å². The standard InChI is InChI=1S/C11H20N2S/c1-4-6-9-10(5-2)14-11(13-9)7-8(3)12/h8H,4-7,12H2,1-3H3. The van der Waals surface area contributed by atoms with Gasteiger partial charge in [-0.1, -0.05) is 20.3 Å². The van der Waals surface area contributed by atoms with Crippen molar-refractivity contribution in [2.45, 2.75) is 52.5 Å². The van der Waals surface area contributed by atoms with E-state index in [-0.39, 0.29) is 6.04 Å². The van der Waals surface area contributed by atoms with Gasteiger partial charge in [-0.3, -0.25) is 0 Å². The Labute approximate surface area is 90.6 Å². The second kappa shape index (κ2) is 5.47. The van der Waals surface area contributed by atoms with Crippen molar-refractivity contribution in [2.24, 2.45) is 5.73 Å². The van der Waals surface area contributed by atoms with Crippen LogP contribution in [0.2, 0.25) is 0 Å². The van der Waals surface area contributed by atoms with Crippen LogP contribution in [0.5, 0.6) is 0 Å². The first-order chi connectivity index (χ1) is 6.67. The topological polar surface area (TPSA) is 38.9 Å². The zero-order chi connectivity index (χ0) is 10.6. The van der Waals surface area contributed by atoms with Gasteiger partial charge >= 0.3 is 0 Å². The van der Waals surface area contributed by atoms with Gasteiger partial charge in [0, 0.05) is 17.3 Å². The van der Waals surface area contributed by atoms with Gasteiger partial charge in [0.2, 0.25) is 0 Å². The van der Waals surface area contributed by atoms with E-state index in [9.17, 15) is 0 Å². The number of hydrogen-bond acceptors (Lipinski definition) is 3. The maximum absolute atomic E-state index is 5.77. The van der Waals surface area contributed by atoms with Gasteiger partial charge < -0.3 is 5.73 Å². The van der Waals surface area contributed by atoms with Crippen molar-refractivity contribution in [3.8, 4) is 0 Å². The Morgan fingerprint density at radius 2 is 2.14 bits per heavy atom. The zero-order valence-electron chi connectivity index (χ0n) is 9.34. The van der Waals surface area contributed by atoms with Gasteiger partial charge in [0.1, 0.15) is 0 Å². The van der Waals surface area contributed by atoms with Crippen LogP contribution in [-0.4, -0.2) is 11.0 Å². The van der Waals surface area contributed by atoms with Crippen molar-refractivity contribution in [1.82, 2.24) is 4.98 Å². The normalized spacial score (nSPS) is 13.1. The van der Waals surface area contributed by atoms with Crippen molar-refractivity contribution in [3.05, 3.63) is 15.6 Å². The fraction of sp³-hybridized carbons (Fsp3) is 0.727. The summed E-state index contributed by atoms with van der Waals surface area (Å²) in [5.41, 5.74) is 7.07.